The van der Waals surface area contributed by atoms with Crippen molar-refractivity contribution in [1.82, 2.24) is 20.4 Å². The molecule has 7 heteroatoms. The van der Waals surface area contributed by atoms with Crippen LogP contribution in [0.3, 0.4) is 0 Å². The molecule has 5 nitrogen and oxygen atoms in total. The molecule has 0 aliphatic rings. The number of rotatable bonds is 7. The second kappa shape index (κ2) is 7.91. The highest BCUT2D eigenvalue weighted by molar-refractivity contribution is 9.13. The Hall–Kier alpha value is -0.400. The van der Waals surface area contributed by atoms with Crippen molar-refractivity contribution in [3.63, 3.8) is 0 Å². The maximum atomic E-state index is 11.8. The maximum Gasteiger partial charge on any atom is 0.273 e. The number of hydrogen-bond donors (Lipinski definition) is 2. The predicted molar refractivity (Wildman–Crippen MR) is 78.7 cm³/mol. The molecule has 2 N–H and O–H groups in total. The van der Waals surface area contributed by atoms with E-state index < -0.39 is 0 Å². The van der Waals surface area contributed by atoms with E-state index in [0.717, 1.165) is 26.1 Å². The molecule has 0 radical (unpaired) electrons. The van der Waals surface area contributed by atoms with Crippen molar-refractivity contribution in [2.75, 3.05) is 26.2 Å². The van der Waals surface area contributed by atoms with Crippen molar-refractivity contribution in [3.05, 3.63) is 14.8 Å². The summed E-state index contributed by atoms with van der Waals surface area (Å²) in [5.74, 6) is -0.164. The van der Waals surface area contributed by atoms with Crippen LogP contribution >= 0.6 is 31.9 Å². The van der Waals surface area contributed by atoms with Crippen molar-refractivity contribution in [3.8, 4) is 0 Å². The summed E-state index contributed by atoms with van der Waals surface area (Å²) in [5, 5.41) is 9.47. The lowest BCUT2D eigenvalue weighted by molar-refractivity contribution is 0.0946. The van der Waals surface area contributed by atoms with Gasteiger partial charge in [0, 0.05) is 6.54 Å². The molecule has 0 aromatic carbocycles. The smallest absolute Gasteiger partial charge is 0.273 e. The summed E-state index contributed by atoms with van der Waals surface area (Å²) in [6.45, 7) is 8.02. The Morgan fingerprint density at radius 1 is 1.39 bits per heavy atom. The third-order valence-corrected chi connectivity index (χ3v) is 4.59. The van der Waals surface area contributed by atoms with Crippen LogP contribution < -0.4 is 5.32 Å². The van der Waals surface area contributed by atoms with Gasteiger partial charge in [0.05, 0.1) is 4.47 Å². The molecule has 18 heavy (non-hydrogen) atoms. The van der Waals surface area contributed by atoms with E-state index in [4.69, 9.17) is 0 Å². The molecule has 1 aromatic heterocycles. The number of hydrogen-bond acceptors (Lipinski definition) is 3. The van der Waals surface area contributed by atoms with Crippen LogP contribution in [0.25, 0.3) is 0 Å². The van der Waals surface area contributed by atoms with Crippen LogP contribution in [-0.2, 0) is 0 Å². The number of H-pyrrole nitrogens is 1. The normalized spacial score (nSPS) is 10.9. The number of carbonyl (C=O) groups is 1. The average Bonchev–Trinajstić information content (AvgIpc) is 2.70. The van der Waals surface area contributed by atoms with E-state index in [0.29, 0.717) is 21.3 Å². The van der Waals surface area contributed by atoms with E-state index in [2.05, 4.69) is 66.1 Å². The van der Waals surface area contributed by atoms with Crippen molar-refractivity contribution < 1.29 is 4.79 Å². The van der Waals surface area contributed by atoms with Crippen LogP contribution in [0.4, 0.5) is 0 Å². The molecule has 102 valence electrons. The summed E-state index contributed by atoms with van der Waals surface area (Å²) in [4.78, 5) is 14.1. The highest BCUT2D eigenvalue weighted by Gasteiger charge is 2.15. The molecule has 0 fully saturated rings. The summed E-state index contributed by atoms with van der Waals surface area (Å²) in [6, 6.07) is 0. The monoisotopic (exact) mass is 380 g/mol. The minimum atomic E-state index is -0.164. The number of nitrogens with zero attached hydrogens (tertiary/aromatic N) is 2. The number of aromatic amines is 1. The second-order valence-electron chi connectivity index (χ2n) is 3.84. The van der Waals surface area contributed by atoms with Gasteiger partial charge in [-0.1, -0.05) is 13.8 Å². The number of carbonyl (C=O) groups excluding carboxylic acids is 1. The summed E-state index contributed by atoms with van der Waals surface area (Å²) in [7, 11) is 0. The fraction of sp³-hybridized carbons (Fsp3) is 0.636. The van der Waals surface area contributed by atoms with Gasteiger partial charge in [-0.25, -0.2) is 0 Å². The Bertz CT molecular complexity index is 390. The Balaban J connectivity index is 2.32. The zero-order valence-electron chi connectivity index (χ0n) is 10.6. The number of amides is 1. The molecule has 0 aliphatic carbocycles. The van der Waals surface area contributed by atoms with Gasteiger partial charge in [-0.15, -0.1) is 0 Å². The maximum absolute atomic E-state index is 11.8. The van der Waals surface area contributed by atoms with Gasteiger partial charge in [0.15, 0.2) is 5.69 Å². The molecule has 1 rings (SSSR count). The summed E-state index contributed by atoms with van der Waals surface area (Å²) in [6.07, 6.45) is 0.941. The molecule has 0 spiro atoms. The Labute approximate surface area is 124 Å². The summed E-state index contributed by atoms with van der Waals surface area (Å²) >= 11 is 6.55. The molecule has 1 amide bonds. The van der Waals surface area contributed by atoms with Crippen LogP contribution in [0.5, 0.6) is 0 Å². The third-order valence-electron chi connectivity index (χ3n) is 2.71. The van der Waals surface area contributed by atoms with Crippen LogP contribution in [0.15, 0.2) is 9.08 Å². The molecular weight excluding hydrogens is 364 g/mol. The first-order chi connectivity index (χ1) is 8.60. The van der Waals surface area contributed by atoms with Gasteiger partial charge >= 0.3 is 0 Å². The predicted octanol–water partition coefficient (Wildman–Crippen LogP) is 2.40. The molecule has 0 atom stereocenters. The number of aromatic nitrogens is 2. The molecule has 0 unspecified atom stereocenters. The third kappa shape index (κ3) is 4.37. The van der Waals surface area contributed by atoms with Gasteiger partial charge < -0.3 is 10.2 Å². The van der Waals surface area contributed by atoms with E-state index in [1.165, 1.54) is 0 Å². The first-order valence-electron chi connectivity index (χ1n) is 6.00. The topological polar surface area (TPSA) is 61.0 Å². The second-order valence-corrected chi connectivity index (χ2v) is 5.42. The Kier molecular flexibility index (Phi) is 6.88. The van der Waals surface area contributed by atoms with E-state index in [-0.39, 0.29) is 5.91 Å². The zero-order chi connectivity index (χ0) is 13.5. The summed E-state index contributed by atoms with van der Waals surface area (Å²) < 4.78 is 1.33. The van der Waals surface area contributed by atoms with Gasteiger partial charge in [0.2, 0.25) is 0 Å². The lowest BCUT2D eigenvalue weighted by Gasteiger charge is -2.17. The van der Waals surface area contributed by atoms with E-state index in [1.807, 2.05) is 0 Å². The van der Waals surface area contributed by atoms with Gasteiger partial charge in [-0.3, -0.25) is 9.89 Å². The standard InChI is InChI=1S/C11H18Br2N4O/c1-3-17(4-2)7-5-6-14-11(18)9-8(12)10(13)16-15-9/h3-7H2,1-2H3,(H,14,18)(H,15,16). The quantitative estimate of drug-likeness (QED) is 0.713. The van der Waals surface area contributed by atoms with Crippen molar-refractivity contribution >= 4 is 37.8 Å². The minimum Gasteiger partial charge on any atom is -0.351 e. The average molecular weight is 382 g/mol. The Morgan fingerprint density at radius 2 is 2.06 bits per heavy atom. The molecule has 1 heterocycles. The SMILES string of the molecule is CCN(CC)CCCNC(=O)c1n[nH]c(Br)c1Br. The molecule has 1 aromatic rings. The van der Waals surface area contributed by atoms with Crippen molar-refractivity contribution in [2.24, 2.45) is 0 Å². The van der Waals surface area contributed by atoms with Gasteiger partial charge in [0.25, 0.3) is 5.91 Å². The van der Waals surface area contributed by atoms with Crippen LogP contribution in [-0.4, -0.2) is 47.2 Å². The molecule has 0 saturated carbocycles. The Morgan fingerprint density at radius 3 is 2.56 bits per heavy atom. The van der Waals surface area contributed by atoms with Gasteiger partial charge in [0.1, 0.15) is 4.60 Å². The van der Waals surface area contributed by atoms with E-state index in [1.54, 1.807) is 0 Å². The fourth-order valence-corrected chi connectivity index (χ4v) is 2.22. The first kappa shape index (κ1) is 15.7. The van der Waals surface area contributed by atoms with E-state index in [9.17, 15) is 4.79 Å². The fourth-order valence-electron chi connectivity index (χ4n) is 1.59. The lowest BCUT2D eigenvalue weighted by Crippen LogP contribution is -2.30. The molecule has 0 aliphatic heterocycles. The van der Waals surface area contributed by atoms with Crippen LogP contribution in [0, 0.1) is 0 Å². The molecular formula is C11H18Br2N4O. The largest absolute Gasteiger partial charge is 0.351 e. The highest BCUT2D eigenvalue weighted by Crippen LogP contribution is 2.23. The molecule has 0 bridgehead atoms. The lowest BCUT2D eigenvalue weighted by atomic mass is 10.3. The van der Waals surface area contributed by atoms with Crippen molar-refractivity contribution in [2.45, 2.75) is 20.3 Å². The van der Waals surface area contributed by atoms with Gasteiger partial charge in [-0.05, 0) is 57.9 Å². The summed E-state index contributed by atoms with van der Waals surface area (Å²) in [5.41, 5.74) is 0.379. The minimum absolute atomic E-state index is 0.164. The van der Waals surface area contributed by atoms with Gasteiger partial charge in [-0.2, -0.15) is 5.10 Å². The van der Waals surface area contributed by atoms with E-state index >= 15 is 0 Å². The van der Waals surface area contributed by atoms with Crippen molar-refractivity contribution in [1.29, 1.82) is 0 Å². The number of nitrogens with one attached hydrogen (secondary N) is 2. The van der Waals surface area contributed by atoms with Crippen LogP contribution in [0.2, 0.25) is 0 Å². The first-order valence-corrected chi connectivity index (χ1v) is 7.58. The molecule has 0 saturated heterocycles. The number of halogens is 2. The van der Waals surface area contributed by atoms with Crippen LogP contribution in [0.1, 0.15) is 30.8 Å². The highest BCUT2D eigenvalue weighted by atomic mass is 79.9. The zero-order valence-corrected chi connectivity index (χ0v) is 13.8.